The molecule has 5 heteroatoms. The maximum atomic E-state index is 10.8. The normalized spacial score (nSPS) is 13.0. The van der Waals surface area contributed by atoms with Gasteiger partial charge in [-0.3, -0.25) is 4.21 Å². The second-order valence-electron chi connectivity index (χ2n) is 3.26. The second-order valence-corrected chi connectivity index (χ2v) is 4.82. The molecule has 1 N–H and O–H groups in total. The van der Waals surface area contributed by atoms with Crippen LogP contribution in [0, 0.1) is 0 Å². The maximum Gasteiger partial charge on any atom is 0.122 e. The van der Waals surface area contributed by atoms with Crippen LogP contribution in [-0.2, 0) is 24.4 Å². The summed E-state index contributed by atoms with van der Waals surface area (Å²) in [5, 5.41) is 3.27. The Balaban J connectivity index is 2.10. The molecule has 80 valence electrons. The first kappa shape index (κ1) is 11.4. The summed E-state index contributed by atoms with van der Waals surface area (Å²) in [5.41, 5.74) is 0. The van der Waals surface area contributed by atoms with Crippen molar-refractivity contribution in [1.82, 2.24) is 14.9 Å². The monoisotopic (exact) mass is 215 g/mol. The molecule has 1 aromatic heterocycles. The molecule has 0 amide bonds. The van der Waals surface area contributed by atoms with Gasteiger partial charge < -0.3 is 9.88 Å². The Labute approximate surface area is 87.2 Å². The summed E-state index contributed by atoms with van der Waals surface area (Å²) >= 11 is 0. The van der Waals surface area contributed by atoms with Crippen molar-refractivity contribution in [3.05, 3.63) is 18.2 Å². The van der Waals surface area contributed by atoms with Crippen LogP contribution in [0.3, 0.4) is 0 Å². The van der Waals surface area contributed by atoms with E-state index < -0.39 is 10.8 Å². The Morgan fingerprint density at radius 2 is 2.43 bits per heavy atom. The van der Waals surface area contributed by atoms with E-state index in [-0.39, 0.29) is 0 Å². The third-order valence-corrected chi connectivity index (χ3v) is 2.85. The SMILES string of the molecule is Cn1ccnc1CNCCCS(C)=O. The van der Waals surface area contributed by atoms with Gasteiger partial charge in [-0.25, -0.2) is 4.98 Å². The summed E-state index contributed by atoms with van der Waals surface area (Å²) in [6.45, 7) is 1.67. The van der Waals surface area contributed by atoms with E-state index >= 15 is 0 Å². The van der Waals surface area contributed by atoms with Gasteiger partial charge in [0.05, 0.1) is 6.54 Å². The van der Waals surface area contributed by atoms with Gasteiger partial charge in [0.1, 0.15) is 5.82 Å². The van der Waals surface area contributed by atoms with Crippen molar-refractivity contribution in [3.8, 4) is 0 Å². The third kappa shape index (κ3) is 4.02. The van der Waals surface area contributed by atoms with Gasteiger partial charge in [0.15, 0.2) is 0 Å². The maximum absolute atomic E-state index is 10.8. The number of hydrogen-bond acceptors (Lipinski definition) is 3. The van der Waals surface area contributed by atoms with E-state index in [1.165, 1.54) is 0 Å². The highest BCUT2D eigenvalue weighted by Gasteiger charge is 1.97. The zero-order chi connectivity index (χ0) is 10.4. The van der Waals surface area contributed by atoms with Crippen LogP contribution in [0.2, 0.25) is 0 Å². The van der Waals surface area contributed by atoms with Crippen LogP contribution >= 0.6 is 0 Å². The predicted molar refractivity (Wildman–Crippen MR) is 58.5 cm³/mol. The van der Waals surface area contributed by atoms with Crippen LogP contribution in [0.15, 0.2) is 12.4 Å². The molecular formula is C9H17N3OS. The minimum Gasteiger partial charge on any atom is -0.337 e. The highest BCUT2D eigenvalue weighted by Crippen LogP contribution is 1.92. The average Bonchev–Trinajstić information content (AvgIpc) is 2.51. The lowest BCUT2D eigenvalue weighted by molar-refractivity contribution is 0.628. The Morgan fingerprint density at radius 1 is 1.64 bits per heavy atom. The van der Waals surface area contributed by atoms with Crippen molar-refractivity contribution in [2.45, 2.75) is 13.0 Å². The summed E-state index contributed by atoms with van der Waals surface area (Å²) in [7, 11) is 1.31. The van der Waals surface area contributed by atoms with Gasteiger partial charge in [0, 0.05) is 42.2 Å². The molecule has 1 unspecified atom stereocenters. The molecule has 0 saturated carbocycles. The number of nitrogens with zero attached hydrogens (tertiary/aromatic N) is 2. The fourth-order valence-corrected chi connectivity index (χ4v) is 1.72. The number of rotatable bonds is 6. The molecule has 4 nitrogen and oxygen atoms in total. The third-order valence-electron chi connectivity index (χ3n) is 1.99. The largest absolute Gasteiger partial charge is 0.337 e. The van der Waals surface area contributed by atoms with Crippen molar-refractivity contribution >= 4 is 10.8 Å². The van der Waals surface area contributed by atoms with Gasteiger partial charge in [-0.05, 0) is 13.0 Å². The van der Waals surface area contributed by atoms with E-state index in [4.69, 9.17) is 0 Å². The lowest BCUT2D eigenvalue weighted by atomic mass is 10.4. The highest BCUT2D eigenvalue weighted by atomic mass is 32.2. The Morgan fingerprint density at radius 3 is 3.00 bits per heavy atom. The van der Waals surface area contributed by atoms with Gasteiger partial charge in [0.2, 0.25) is 0 Å². The standard InChI is InChI=1S/C9H17N3OS/c1-12-6-5-11-9(12)8-10-4-3-7-14(2)13/h5-6,10H,3-4,7-8H2,1-2H3. The van der Waals surface area contributed by atoms with E-state index in [1.54, 1.807) is 12.5 Å². The Hall–Kier alpha value is -0.680. The fourth-order valence-electron chi connectivity index (χ4n) is 1.17. The summed E-state index contributed by atoms with van der Waals surface area (Å²) in [5.74, 6) is 1.80. The van der Waals surface area contributed by atoms with E-state index in [1.807, 2.05) is 17.8 Å². The molecule has 1 atom stereocenters. The van der Waals surface area contributed by atoms with Crippen LogP contribution in [0.1, 0.15) is 12.2 Å². The van der Waals surface area contributed by atoms with Crippen LogP contribution in [0.4, 0.5) is 0 Å². The summed E-state index contributed by atoms with van der Waals surface area (Å²) in [6.07, 6.45) is 6.41. The molecule has 0 saturated heterocycles. The summed E-state index contributed by atoms with van der Waals surface area (Å²) in [4.78, 5) is 4.19. The molecule has 0 bridgehead atoms. The smallest absolute Gasteiger partial charge is 0.122 e. The number of imidazole rings is 1. The zero-order valence-electron chi connectivity index (χ0n) is 8.69. The van der Waals surface area contributed by atoms with Crippen molar-refractivity contribution in [1.29, 1.82) is 0 Å². The summed E-state index contributed by atoms with van der Waals surface area (Å²) in [6, 6.07) is 0. The fraction of sp³-hybridized carbons (Fsp3) is 0.667. The van der Waals surface area contributed by atoms with Crippen LogP contribution in [0.25, 0.3) is 0 Å². The first-order valence-corrected chi connectivity index (χ1v) is 6.40. The molecule has 0 fully saturated rings. The molecule has 0 aromatic carbocycles. The molecule has 0 aliphatic carbocycles. The average molecular weight is 215 g/mol. The van der Waals surface area contributed by atoms with Gasteiger partial charge in [-0.1, -0.05) is 0 Å². The van der Waals surface area contributed by atoms with Crippen molar-refractivity contribution in [2.75, 3.05) is 18.6 Å². The minimum absolute atomic E-state index is 0.671. The molecule has 0 spiro atoms. The van der Waals surface area contributed by atoms with E-state index in [0.717, 1.165) is 31.1 Å². The zero-order valence-corrected chi connectivity index (χ0v) is 9.51. The van der Waals surface area contributed by atoms with Crippen LogP contribution in [0.5, 0.6) is 0 Å². The Kier molecular flexibility index (Phi) is 4.82. The molecule has 0 radical (unpaired) electrons. The van der Waals surface area contributed by atoms with E-state index in [2.05, 4.69) is 10.3 Å². The van der Waals surface area contributed by atoms with Crippen molar-refractivity contribution in [3.63, 3.8) is 0 Å². The second kappa shape index (κ2) is 5.93. The van der Waals surface area contributed by atoms with E-state index in [0.29, 0.717) is 0 Å². The lowest BCUT2D eigenvalue weighted by Gasteiger charge is -2.03. The van der Waals surface area contributed by atoms with Crippen LogP contribution < -0.4 is 5.32 Å². The molecule has 1 aromatic rings. The number of hydrogen-bond donors (Lipinski definition) is 1. The quantitative estimate of drug-likeness (QED) is 0.693. The predicted octanol–water partition coefficient (Wildman–Crippen LogP) is 0.278. The van der Waals surface area contributed by atoms with Gasteiger partial charge >= 0.3 is 0 Å². The first-order chi connectivity index (χ1) is 6.70. The molecule has 0 aliphatic rings. The van der Waals surface area contributed by atoms with E-state index in [9.17, 15) is 4.21 Å². The van der Waals surface area contributed by atoms with Gasteiger partial charge in [0.25, 0.3) is 0 Å². The van der Waals surface area contributed by atoms with Gasteiger partial charge in [-0.2, -0.15) is 0 Å². The number of nitrogens with one attached hydrogen (secondary N) is 1. The molecule has 0 aliphatic heterocycles. The number of aromatic nitrogens is 2. The topological polar surface area (TPSA) is 46.9 Å². The number of aryl methyl sites for hydroxylation is 1. The lowest BCUT2D eigenvalue weighted by Crippen LogP contribution is -2.18. The molecular weight excluding hydrogens is 198 g/mol. The van der Waals surface area contributed by atoms with Gasteiger partial charge in [-0.15, -0.1) is 0 Å². The van der Waals surface area contributed by atoms with Crippen molar-refractivity contribution < 1.29 is 4.21 Å². The Bertz CT molecular complexity index is 298. The molecule has 14 heavy (non-hydrogen) atoms. The first-order valence-electron chi connectivity index (χ1n) is 4.67. The van der Waals surface area contributed by atoms with Crippen molar-refractivity contribution in [2.24, 2.45) is 7.05 Å². The minimum atomic E-state index is -0.671. The summed E-state index contributed by atoms with van der Waals surface area (Å²) < 4.78 is 12.7. The van der Waals surface area contributed by atoms with Crippen LogP contribution in [-0.4, -0.2) is 32.3 Å². The highest BCUT2D eigenvalue weighted by molar-refractivity contribution is 7.84. The molecule has 1 heterocycles. The molecule has 1 rings (SSSR count).